The molecule has 0 saturated carbocycles. The third-order valence-electron chi connectivity index (χ3n) is 4.23. The Balaban J connectivity index is 1.80. The summed E-state index contributed by atoms with van der Waals surface area (Å²) < 4.78 is 7.08. The highest BCUT2D eigenvalue weighted by molar-refractivity contribution is 5.79. The zero-order valence-electron chi connectivity index (χ0n) is 13.8. The van der Waals surface area contributed by atoms with Crippen LogP contribution in [0.25, 0.3) is 10.9 Å². The number of hydrogen-bond acceptors (Lipinski definition) is 4. The van der Waals surface area contributed by atoms with E-state index in [0.717, 1.165) is 0 Å². The average molecular weight is 331 g/mol. The number of ether oxygens (including phenoxy) is 1. The van der Waals surface area contributed by atoms with E-state index < -0.39 is 11.2 Å². The van der Waals surface area contributed by atoms with Crippen molar-refractivity contribution in [2.75, 3.05) is 13.1 Å². The van der Waals surface area contributed by atoms with Gasteiger partial charge in [0.25, 0.3) is 5.56 Å². The Hall–Kier alpha value is -2.41. The lowest BCUT2D eigenvalue weighted by Gasteiger charge is -2.35. The molecule has 3 rings (SSSR count). The molecule has 1 aliphatic rings. The number of benzene rings is 1. The van der Waals surface area contributed by atoms with Crippen molar-refractivity contribution < 1.29 is 9.53 Å². The second-order valence-electron chi connectivity index (χ2n) is 6.23. The van der Waals surface area contributed by atoms with E-state index in [9.17, 15) is 14.4 Å². The number of fused-ring (bicyclic) bond motifs is 1. The van der Waals surface area contributed by atoms with E-state index in [0.29, 0.717) is 24.0 Å². The number of aromatic nitrogens is 2. The maximum absolute atomic E-state index is 12.5. The minimum absolute atomic E-state index is 0.00864. The minimum Gasteiger partial charge on any atom is -0.372 e. The second kappa shape index (κ2) is 6.60. The third kappa shape index (κ3) is 3.26. The van der Waals surface area contributed by atoms with Crippen LogP contribution < -0.4 is 11.2 Å². The van der Waals surface area contributed by atoms with Gasteiger partial charge in [0.1, 0.15) is 0 Å². The number of carbonyl (C=O) groups is 1. The molecule has 0 bridgehead atoms. The summed E-state index contributed by atoms with van der Waals surface area (Å²) in [4.78, 5) is 40.5. The molecule has 1 saturated heterocycles. The zero-order chi connectivity index (χ0) is 17.3. The first-order valence-corrected chi connectivity index (χ1v) is 8.11. The fourth-order valence-electron chi connectivity index (χ4n) is 3.21. The number of morpholine rings is 1. The highest BCUT2D eigenvalue weighted by Crippen LogP contribution is 2.13. The maximum atomic E-state index is 12.5. The molecule has 0 spiro atoms. The van der Waals surface area contributed by atoms with Gasteiger partial charge < -0.3 is 9.64 Å². The largest absolute Gasteiger partial charge is 0.372 e. The fourth-order valence-corrected chi connectivity index (χ4v) is 3.21. The Morgan fingerprint density at radius 1 is 1.21 bits per heavy atom. The number of hydrogen-bond donors (Lipinski definition) is 1. The Bertz CT molecular complexity index is 860. The third-order valence-corrected chi connectivity index (χ3v) is 4.23. The van der Waals surface area contributed by atoms with Gasteiger partial charge in [-0.25, -0.2) is 4.79 Å². The molecule has 0 radical (unpaired) electrons. The van der Waals surface area contributed by atoms with Crippen LogP contribution in [0.2, 0.25) is 0 Å². The van der Waals surface area contributed by atoms with Gasteiger partial charge in [-0.05, 0) is 26.0 Å². The molecule has 1 aromatic heterocycles. The summed E-state index contributed by atoms with van der Waals surface area (Å²) in [5, 5.41) is 0.443. The number of para-hydroxylation sites is 1. The number of aromatic amines is 1. The van der Waals surface area contributed by atoms with Crippen molar-refractivity contribution in [3.8, 4) is 0 Å². The van der Waals surface area contributed by atoms with Crippen LogP contribution in [0, 0.1) is 0 Å². The molecule has 1 aromatic carbocycles. The molecule has 1 aliphatic heterocycles. The standard InChI is InChI=1S/C17H21N3O4/c1-11-9-19(10-12(2)24-11)15(21)7-8-20-14-6-4-3-5-13(14)16(22)18-17(20)23/h3-6,11-12H,7-10H2,1-2H3,(H,18,22,23)/t11-,12-/m0/s1. The van der Waals surface area contributed by atoms with Gasteiger partial charge in [-0.3, -0.25) is 19.1 Å². The van der Waals surface area contributed by atoms with Crippen LogP contribution in [0.1, 0.15) is 20.3 Å². The number of rotatable bonds is 3. The lowest BCUT2D eigenvalue weighted by molar-refractivity contribution is -0.143. The SMILES string of the molecule is C[C@H]1CN(C(=O)CCn2c(=O)[nH]c(=O)c3ccccc32)C[C@H](C)O1. The lowest BCUT2D eigenvalue weighted by atomic mass is 10.2. The van der Waals surface area contributed by atoms with Gasteiger partial charge in [-0.2, -0.15) is 0 Å². The van der Waals surface area contributed by atoms with Crippen LogP contribution in [-0.4, -0.2) is 45.7 Å². The monoisotopic (exact) mass is 331 g/mol. The summed E-state index contributed by atoms with van der Waals surface area (Å²) in [6.07, 6.45) is 0.221. The number of carbonyl (C=O) groups excluding carboxylic acids is 1. The molecule has 2 atom stereocenters. The van der Waals surface area contributed by atoms with E-state index in [4.69, 9.17) is 4.74 Å². The Morgan fingerprint density at radius 3 is 2.58 bits per heavy atom. The van der Waals surface area contributed by atoms with Gasteiger partial charge in [0, 0.05) is 26.1 Å². The van der Waals surface area contributed by atoms with Gasteiger partial charge in [-0.1, -0.05) is 12.1 Å². The average Bonchev–Trinajstić information content (AvgIpc) is 2.53. The van der Waals surface area contributed by atoms with E-state index in [2.05, 4.69) is 4.98 Å². The maximum Gasteiger partial charge on any atom is 0.328 e. The fraction of sp³-hybridized carbons (Fsp3) is 0.471. The molecule has 7 nitrogen and oxygen atoms in total. The molecule has 2 heterocycles. The Labute approximate surface area is 138 Å². The van der Waals surface area contributed by atoms with Crippen molar-refractivity contribution in [2.45, 2.75) is 39.0 Å². The number of aryl methyl sites for hydroxylation is 1. The number of H-pyrrole nitrogens is 1. The van der Waals surface area contributed by atoms with Crippen LogP contribution in [0.15, 0.2) is 33.9 Å². The van der Waals surface area contributed by atoms with E-state index >= 15 is 0 Å². The van der Waals surface area contributed by atoms with Crippen molar-refractivity contribution in [1.82, 2.24) is 14.5 Å². The van der Waals surface area contributed by atoms with Gasteiger partial charge in [0.05, 0.1) is 23.1 Å². The molecule has 2 aromatic rings. The van der Waals surface area contributed by atoms with Crippen molar-refractivity contribution in [1.29, 1.82) is 0 Å². The van der Waals surface area contributed by atoms with E-state index in [1.54, 1.807) is 29.2 Å². The van der Waals surface area contributed by atoms with Crippen LogP contribution in [0.5, 0.6) is 0 Å². The minimum atomic E-state index is -0.491. The molecular formula is C17H21N3O4. The summed E-state index contributed by atoms with van der Waals surface area (Å²) in [5.41, 5.74) is -0.355. The van der Waals surface area contributed by atoms with Crippen LogP contribution in [0.3, 0.4) is 0 Å². The second-order valence-corrected chi connectivity index (χ2v) is 6.23. The molecule has 0 unspecified atom stereocenters. The summed E-state index contributed by atoms with van der Waals surface area (Å²) in [6, 6.07) is 6.89. The van der Waals surface area contributed by atoms with Crippen molar-refractivity contribution >= 4 is 16.8 Å². The quantitative estimate of drug-likeness (QED) is 0.898. The first kappa shape index (κ1) is 16.4. The van der Waals surface area contributed by atoms with E-state index in [-0.39, 0.29) is 31.1 Å². The molecule has 0 aliphatic carbocycles. The summed E-state index contributed by atoms with van der Waals surface area (Å²) in [5.74, 6) is -0.0146. The van der Waals surface area contributed by atoms with Crippen molar-refractivity contribution in [3.63, 3.8) is 0 Å². The highest BCUT2D eigenvalue weighted by Gasteiger charge is 2.25. The molecular weight excluding hydrogens is 310 g/mol. The van der Waals surface area contributed by atoms with E-state index in [1.807, 2.05) is 13.8 Å². The molecule has 1 amide bonds. The van der Waals surface area contributed by atoms with E-state index in [1.165, 1.54) is 4.57 Å². The molecule has 7 heteroatoms. The molecule has 24 heavy (non-hydrogen) atoms. The summed E-state index contributed by atoms with van der Waals surface area (Å²) in [7, 11) is 0. The molecule has 1 fully saturated rings. The van der Waals surface area contributed by atoms with Crippen LogP contribution >= 0.6 is 0 Å². The lowest BCUT2D eigenvalue weighted by Crippen LogP contribution is -2.48. The number of amides is 1. The summed E-state index contributed by atoms with van der Waals surface area (Å²) in [6.45, 7) is 5.23. The van der Waals surface area contributed by atoms with Crippen molar-refractivity contribution in [2.24, 2.45) is 0 Å². The zero-order valence-corrected chi connectivity index (χ0v) is 13.8. The van der Waals surface area contributed by atoms with Gasteiger partial charge in [0.15, 0.2) is 0 Å². The smallest absolute Gasteiger partial charge is 0.328 e. The predicted octanol–water partition coefficient (Wildman–Crippen LogP) is 0.716. The topological polar surface area (TPSA) is 84.4 Å². The number of nitrogens with one attached hydrogen (secondary N) is 1. The van der Waals surface area contributed by atoms with Gasteiger partial charge in [-0.15, -0.1) is 0 Å². The van der Waals surface area contributed by atoms with Crippen molar-refractivity contribution in [3.05, 3.63) is 45.1 Å². The highest BCUT2D eigenvalue weighted by atomic mass is 16.5. The van der Waals surface area contributed by atoms with Crippen LogP contribution in [-0.2, 0) is 16.1 Å². The van der Waals surface area contributed by atoms with Gasteiger partial charge >= 0.3 is 5.69 Å². The predicted molar refractivity (Wildman–Crippen MR) is 90.0 cm³/mol. The van der Waals surface area contributed by atoms with Crippen LogP contribution in [0.4, 0.5) is 0 Å². The normalized spacial score (nSPS) is 21.2. The Morgan fingerprint density at radius 2 is 1.88 bits per heavy atom. The molecule has 128 valence electrons. The first-order valence-electron chi connectivity index (χ1n) is 8.11. The molecule has 1 N–H and O–H groups in total. The Kier molecular flexibility index (Phi) is 4.53. The number of nitrogens with zero attached hydrogens (tertiary/aromatic N) is 2. The van der Waals surface area contributed by atoms with Gasteiger partial charge in [0.2, 0.25) is 5.91 Å². The first-order chi connectivity index (χ1) is 11.5. The summed E-state index contributed by atoms with van der Waals surface area (Å²) >= 11 is 0.